The van der Waals surface area contributed by atoms with Gasteiger partial charge in [-0.1, -0.05) is 30.7 Å². The maximum atomic E-state index is 3.37. The van der Waals surface area contributed by atoms with Crippen LogP contribution in [0.4, 0.5) is 0 Å². The summed E-state index contributed by atoms with van der Waals surface area (Å²) >= 11 is 0. The summed E-state index contributed by atoms with van der Waals surface area (Å²) in [6.45, 7) is 4.39. The Morgan fingerprint density at radius 2 is 2.50 bits per heavy atom. The van der Waals surface area contributed by atoms with Crippen LogP contribution in [0.2, 0.25) is 0 Å². The highest BCUT2D eigenvalue weighted by atomic mass is 14.8. The molecule has 10 heavy (non-hydrogen) atoms. The number of allylic oxidation sites excluding steroid dienone is 2. The van der Waals surface area contributed by atoms with E-state index in [0.29, 0.717) is 0 Å². The second-order valence-electron chi connectivity index (χ2n) is 2.57. The maximum Gasteiger partial charge on any atom is 0.0167 e. The third kappa shape index (κ3) is 2.36. The average Bonchev–Trinajstić information content (AvgIpc) is 1.87. The van der Waals surface area contributed by atoms with Crippen LogP contribution in [-0.4, -0.2) is 13.1 Å². The van der Waals surface area contributed by atoms with Gasteiger partial charge in [-0.2, -0.15) is 0 Å². The molecule has 1 nitrogen and oxygen atoms in total. The summed E-state index contributed by atoms with van der Waals surface area (Å²) in [6, 6.07) is 0. The van der Waals surface area contributed by atoms with Crippen LogP contribution < -0.4 is 5.32 Å². The minimum Gasteiger partial charge on any atom is -0.313 e. The fraction of sp³-hybridized carbons (Fsp3) is 0.556. The van der Waals surface area contributed by atoms with E-state index in [2.05, 4.69) is 30.5 Å². The Hall–Kier alpha value is -0.560. The van der Waals surface area contributed by atoms with Gasteiger partial charge in [-0.25, -0.2) is 0 Å². The van der Waals surface area contributed by atoms with Gasteiger partial charge in [0, 0.05) is 6.54 Å². The van der Waals surface area contributed by atoms with E-state index in [1.165, 1.54) is 5.57 Å². The predicted molar refractivity (Wildman–Crippen MR) is 45.0 cm³/mol. The first kappa shape index (κ1) is 7.55. The van der Waals surface area contributed by atoms with E-state index in [1.54, 1.807) is 0 Å². The molecule has 0 fully saturated rings. The van der Waals surface area contributed by atoms with Gasteiger partial charge in [-0.05, 0) is 19.4 Å². The first-order valence-corrected chi connectivity index (χ1v) is 3.98. The zero-order valence-corrected chi connectivity index (χ0v) is 6.56. The molecule has 0 spiro atoms. The molecule has 1 heterocycles. The second kappa shape index (κ2) is 4.29. The summed E-state index contributed by atoms with van der Waals surface area (Å²) in [4.78, 5) is 0. The first-order chi connectivity index (χ1) is 4.93. The van der Waals surface area contributed by atoms with Gasteiger partial charge in [0.2, 0.25) is 0 Å². The number of nitrogens with one attached hydrogen (secondary N) is 1. The van der Waals surface area contributed by atoms with Gasteiger partial charge < -0.3 is 5.32 Å². The van der Waals surface area contributed by atoms with E-state index in [1.807, 2.05) is 0 Å². The van der Waals surface area contributed by atoms with Crippen molar-refractivity contribution in [2.24, 2.45) is 0 Å². The molecule has 1 rings (SSSR count). The fourth-order valence-electron chi connectivity index (χ4n) is 1.04. The average molecular weight is 137 g/mol. The summed E-state index contributed by atoms with van der Waals surface area (Å²) in [5, 5.41) is 3.37. The number of hydrogen-bond acceptors (Lipinski definition) is 1. The van der Waals surface area contributed by atoms with Crippen molar-refractivity contribution in [1.82, 2.24) is 5.32 Å². The van der Waals surface area contributed by atoms with Crippen molar-refractivity contribution < 1.29 is 0 Å². The molecule has 0 saturated carbocycles. The van der Waals surface area contributed by atoms with Crippen LogP contribution in [0.1, 0.15) is 19.8 Å². The molecule has 0 atom stereocenters. The largest absolute Gasteiger partial charge is 0.313 e. The molecule has 0 radical (unpaired) electrons. The van der Waals surface area contributed by atoms with Crippen molar-refractivity contribution in [3.05, 3.63) is 23.8 Å². The third-order valence-corrected chi connectivity index (χ3v) is 1.76. The third-order valence-electron chi connectivity index (χ3n) is 1.76. The van der Waals surface area contributed by atoms with Crippen LogP contribution in [0.3, 0.4) is 0 Å². The minimum absolute atomic E-state index is 1.07. The van der Waals surface area contributed by atoms with Crippen LogP contribution in [-0.2, 0) is 0 Å². The summed E-state index contributed by atoms with van der Waals surface area (Å²) < 4.78 is 0. The molecule has 1 aliphatic heterocycles. The van der Waals surface area contributed by atoms with Crippen LogP contribution >= 0.6 is 0 Å². The van der Waals surface area contributed by atoms with Crippen LogP contribution in [0, 0.1) is 0 Å². The van der Waals surface area contributed by atoms with Crippen molar-refractivity contribution in [1.29, 1.82) is 0 Å². The maximum absolute atomic E-state index is 3.37. The zero-order valence-electron chi connectivity index (χ0n) is 6.56. The summed E-state index contributed by atoms with van der Waals surface area (Å²) in [5.41, 5.74) is 1.50. The van der Waals surface area contributed by atoms with Crippen molar-refractivity contribution in [3.8, 4) is 0 Å². The second-order valence-corrected chi connectivity index (χ2v) is 2.57. The topological polar surface area (TPSA) is 12.0 Å². The molecule has 1 aliphatic rings. The van der Waals surface area contributed by atoms with Gasteiger partial charge >= 0.3 is 0 Å². The lowest BCUT2D eigenvalue weighted by Crippen LogP contribution is -2.18. The molecule has 0 bridgehead atoms. The summed E-state index contributed by atoms with van der Waals surface area (Å²) in [5.74, 6) is 0. The Kier molecular flexibility index (Phi) is 3.23. The van der Waals surface area contributed by atoms with Gasteiger partial charge in [-0.15, -0.1) is 0 Å². The molecule has 0 aromatic carbocycles. The van der Waals surface area contributed by atoms with Gasteiger partial charge in [-0.3, -0.25) is 0 Å². The highest BCUT2D eigenvalue weighted by Crippen LogP contribution is 2.01. The van der Waals surface area contributed by atoms with Crippen molar-refractivity contribution in [3.63, 3.8) is 0 Å². The molecule has 1 N–H and O–H groups in total. The summed E-state index contributed by atoms with van der Waals surface area (Å²) in [6.07, 6.45) is 8.92. The Morgan fingerprint density at radius 1 is 1.60 bits per heavy atom. The molecule has 0 saturated heterocycles. The Bertz CT molecular complexity index is 145. The minimum atomic E-state index is 1.07. The Balaban J connectivity index is 2.49. The molecule has 0 amide bonds. The highest BCUT2D eigenvalue weighted by molar-refractivity contribution is 5.14. The monoisotopic (exact) mass is 137 g/mol. The van der Waals surface area contributed by atoms with Gasteiger partial charge in [0.05, 0.1) is 0 Å². The van der Waals surface area contributed by atoms with Crippen LogP contribution in [0.15, 0.2) is 23.8 Å². The van der Waals surface area contributed by atoms with Crippen LogP contribution in [0.5, 0.6) is 0 Å². The van der Waals surface area contributed by atoms with Crippen molar-refractivity contribution in [2.45, 2.75) is 19.8 Å². The van der Waals surface area contributed by atoms with E-state index >= 15 is 0 Å². The Morgan fingerprint density at radius 3 is 3.30 bits per heavy atom. The van der Waals surface area contributed by atoms with Gasteiger partial charge in [0.1, 0.15) is 0 Å². The van der Waals surface area contributed by atoms with E-state index in [4.69, 9.17) is 0 Å². The van der Waals surface area contributed by atoms with E-state index < -0.39 is 0 Å². The SMILES string of the molecule is CCC1=CC=CCCNC1. The van der Waals surface area contributed by atoms with Gasteiger partial charge in [0.15, 0.2) is 0 Å². The molecule has 1 heteroatoms. The lowest BCUT2D eigenvalue weighted by atomic mass is 10.1. The molecule has 0 aromatic heterocycles. The smallest absolute Gasteiger partial charge is 0.0167 e. The predicted octanol–water partition coefficient (Wildman–Crippen LogP) is 1.87. The molecular formula is C9H15N. The Labute approximate surface area is 62.8 Å². The quantitative estimate of drug-likeness (QED) is 0.581. The standard InChI is InChI=1S/C9H15N/c1-2-9-6-4-3-5-7-10-8-9/h3-4,6,10H,2,5,7-8H2,1H3. The lowest BCUT2D eigenvalue weighted by Gasteiger charge is -2.07. The van der Waals surface area contributed by atoms with E-state index in [9.17, 15) is 0 Å². The molecule has 0 aromatic rings. The molecule has 0 unspecified atom stereocenters. The lowest BCUT2D eigenvalue weighted by molar-refractivity contribution is 0.721. The number of rotatable bonds is 1. The number of hydrogen-bond donors (Lipinski definition) is 1. The van der Waals surface area contributed by atoms with E-state index in [0.717, 1.165) is 25.9 Å². The molecule has 56 valence electrons. The normalized spacial score (nSPS) is 19.5. The molecular weight excluding hydrogens is 122 g/mol. The van der Waals surface area contributed by atoms with Crippen LogP contribution in [0.25, 0.3) is 0 Å². The van der Waals surface area contributed by atoms with E-state index in [-0.39, 0.29) is 0 Å². The highest BCUT2D eigenvalue weighted by Gasteiger charge is 1.93. The summed E-state index contributed by atoms with van der Waals surface area (Å²) in [7, 11) is 0. The molecule has 0 aliphatic carbocycles. The zero-order chi connectivity index (χ0) is 7.23. The first-order valence-electron chi connectivity index (χ1n) is 3.98. The van der Waals surface area contributed by atoms with Gasteiger partial charge in [0.25, 0.3) is 0 Å². The van der Waals surface area contributed by atoms with Crippen molar-refractivity contribution >= 4 is 0 Å². The fourth-order valence-corrected chi connectivity index (χ4v) is 1.04. The van der Waals surface area contributed by atoms with Crippen molar-refractivity contribution in [2.75, 3.05) is 13.1 Å².